The standard InChI is InChI=1S/C28H30N8O2/c1-35-21-6-2-3-7-22(21)36-26-20(8-9-23(34-26)32-13-11-19-17-29-15-16-31-19)25(37)24(28(35)36)27(38)33-14-10-18-5-4-12-30-18/h2-3,6-9,15-18,30H,4-5,10-14H2,1H3,(H,32,34)(H,33,38). The lowest BCUT2D eigenvalue weighted by molar-refractivity contribution is 0.0952. The van der Waals surface area contributed by atoms with Crippen molar-refractivity contribution in [3.63, 3.8) is 0 Å². The van der Waals surface area contributed by atoms with Crippen LogP contribution in [0, 0.1) is 0 Å². The van der Waals surface area contributed by atoms with E-state index in [1.165, 1.54) is 0 Å². The molecule has 0 radical (unpaired) electrons. The molecule has 6 rings (SSSR count). The van der Waals surface area contributed by atoms with Crippen molar-refractivity contribution in [2.75, 3.05) is 25.0 Å². The Labute approximate surface area is 219 Å². The fourth-order valence-electron chi connectivity index (χ4n) is 5.37. The van der Waals surface area contributed by atoms with E-state index in [-0.39, 0.29) is 16.9 Å². The SMILES string of the molecule is Cn1c2ccccc2n2c3nc(NCCc4cnccn4)ccc3c(=O)c(C(=O)NCCC3CCCN3)c12. The number of amides is 1. The van der Waals surface area contributed by atoms with Crippen molar-refractivity contribution in [3.8, 4) is 0 Å². The van der Waals surface area contributed by atoms with Crippen LogP contribution in [0.4, 0.5) is 5.82 Å². The van der Waals surface area contributed by atoms with Crippen LogP contribution in [0.5, 0.6) is 0 Å². The van der Waals surface area contributed by atoms with Gasteiger partial charge in [-0.15, -0.1) is 0 Å². The molecule has 5 aromatic rings. The number of rotatable bonds is 8. The number of nitrogens with one attached hydrogen (secondary N) is 3. The Kier molecular flexibility index (Phi) is 6.47. The van der Waals surface area contributed by atoms with Crippen LogP contribution in [-0.4, -0.2) is 55.5 Å². The van der Waals surface area contributed by atoms with Crippen LogP contribution in [0.2, 0.25) is 0 Å². The lowest BCUT2D eigenvalue weighted by Crippen LogP contribution is -2.34. The van der Waals surface area contributed by atoms with E-state index in [2.05, 4.69) is 25.9 Å². The number of aromatic nitrogens is 5. The molecule has 194 valence electrons. The zero-order valence-corrected chi connectivity index (χ0v) is 21.3. The fourth-order valence-corrected chi connectivity index (χ4v) is 5.37. The van der Waals surface area contributed by atoms with E-state index in [1.54, 1.807) is 30.7 Å². The highest BCUT2D eigenvalue weighted by atomic mass is 16.2. The second-order valence-electron chi connectivity index (χ2n) is 9.69. The van der Waals surface area contributed by atoms with E-state index >= 15 is 0 Å². The van der Waals surface area contributed by atoms with Gasteiger partial charge in [0.05, 0.1) is 22.1 Å². The summed E-state index contributed by atoms with van der Waals surface area (Å²) in [5.74, 6) is 0.285. The summed E-state index contributed by atoms with van der Waals surface area (Å²) >= 11 is 0. The summed E-state index contributed by atoms with van der Waals surface area (Å²) in [6, 6.07) is 11.8. The Balaban J connectivity index is 1.40. The highest BCUT2D eigenvalue weighted by molar-refractivity contribution is 6.05. The summed E-state index contributed by atoms with van der Waals surface area (Å²) in [5.41, 5.74) is 3.53. The first-order valence-corrected chi connectivity index (χ1v) is 13.0. The van der Waals surface area contributed by atoms with Gasteiger partial charge in [0.15, 0.2) is 5.65 Å². The minimum Gasteiger partial charge on any atom is -0.370 e. The van der Waals surface area contributed by atoms with Gasteiger partial charge in [0.25, 0.3) is 5.91 Å². The Morgan fingerprint density at radius 1 is 1.13 bits per heavy atom. The monoisotopic (exact) mass is 510 g/mol. The van der Waals surface area contributed by atoms with E-state index in [9.17, 15) is 9.59 Å². The zero-order valence-electron chi connectivity index (χ0n) is 21.3. The number of fused-ring (bicyclic) bond motifs is 5. The number of pyridine rings is 2. The van der Waals surface area contributed by atoms with E-state index in [0.29, 0.717) is 48.1 Å². The number of benzene rings is 1. The summed E-state index contributed by atoms with van der Waals surface area (Å²) < 4.78 is 3.83. The molecule has 4 aromatic heterocycles. The molecular weight excluding hydrogens is 480 g/mol. The van der Waals surface area contributed by atoms with Gasteiger partial charge in [-0.25, -0.2) is 4.98 Å². The molecule has 0 aliphatic carbocycles. The quantitative estimate of drug-likeness (QED) is 0.294. The minimum atomic E-state index is -0.357. The molecule has 1 saturated heterocycles. The minimum absolute atomic E-state index is 0.140. The van der Waals surface area contributed by atoms with Crippen LogP contribution in [0.3, 0.4) is 0 Å². The second-order valence-corrected chi connectivity index (χ2v) is 9.69. The topological polar surface area (TPSA) is 118 Å². The van der Waals surface area contributed by atoms with Crippen molar-refractivity contribution in [1.82, 2.24) is 34.6 Å². The van der Waals surface area contributed by atoms with E-state index < -0.39 is 0 Å². The molecule has 1 unspecified atom stereocenters. The van der Waals surface area contributed by atoms with Gasteiger partial charge in [-0.2, -0.15) is 0 Å². The van der Waals surface area contributed by atoms with E-state index in [1.807, 2.05) is 40.3 Å². The summed E-state index contributed by atoms with van der Waals surface area (Å²) in [5, 5.41) is 10.2. The first-order chi connectivity index (χ1) is 18.6. The molecule has 1 aromatic carbocycles. The molecule has 1 aliphatic rings. The molecule has 0 spiro atoms. The number of aryl methyl sites for hydroxylation is 1. The maximum absolute atomic E-state index is 13.8. The van der Waals surface area contributed by atoms with Crippen molar-refractivity contribution < 1.29 is 4.79 Å². The van der Waals surface area contributed by atoms with E-state index in [4.69, 9.17) is 4.98 Å². The van der Waals surface area contributed by atoms with Gasteiger partial charge < -0.3 is 20.5 Å². The molecule has 1 fully saturated rings. The number of hydrogen-bond donors (Lipinski definition) is 3. The molecule has 1 atom stereocenters. The number of nitrogens with zero attached hydrogens (tertiary/aromatic N) is 5. The fraction of sp³-hybridized carbons (Fsp3) is 0.321. The van der Waals surface area contributed by atoms with Gasteiger partial charge >= 0.3 is 0 Å². The van der Waals surface area contributed by atoms with Crippen molar-refractivity contribution in [3.05, 3.63) is 76.5 Å². The normalized spacial score (nSPS) is 15.4. The molecule has 10 heteroatoms. The second kappa shape index (κ2) is 10.2. The average Bonchev–Trinajstić information content (AvgIpc) is 3.56. The molecule has 5 heterocycles. The molecule has 3 N–H and O–H groups in total. The maximum Gasteiger partial charge on any atom is 0.259 e. The summed E-state index contributed by atoms with van der Waals surface area (Å²) in [7, 11) is 1.88. The molecule has 0 bridgehead atoms. The molecular formula is C28H30N8O2. The van der Waals surface area contributed by atoms with Crippen molar-refractivity contribution in [2.45, 2.75) is 31.7 Å². The third-order valence-corrected chi connectivity index (χ3v) is 7.27. The van der Waals surface area contributed by atoms with Crippen LogP contribution in [0.15, 0.2) is 59.8 Å². The summed E-state index contributed by atoms with van der Waals surface area (Å²) in [4.78, 5) is 40.5. The van der Waals surface area contributed by atoms with Gasteiger partial charge in [-0.05, 0) is 50.1 Å². The van der Waals surface area contributed by atoms with Crippen molar-refractivity contribution in [2.24, 2.45) is 7.05 Å². The van der Waals surface area contributed by atoms with E-state index in [0.717, 1.165) is 42.5 Å². The first kappa shape index (κ1) is 24.1. The lowest BCUT2D eigenvalue weighted by atomic mass is 10.1. The molecule has 38 heavy (non-hydrogen) atoms. The van der Waals surface area contributed by atoms with Gasteiger partial charge in [-0.1, -0.05) is 12.1 Å². The average molecular weight is 511 g/mol. The Bertz CT molecular complexity index is 1690. The number of imidazole rings is 1. The smallest absolute Gasteiger partial charge is 0.259 e. The number of anilines is 1. The number of carbonyl (C=O) groups is 1. The zero-order chi connectivity index (χ0) is 26.1. The van der Waals surface area contributed by atoms with Gasteiger partial charge in [-0.3, -0.25) is 24.0 Å². The van der Waals surface area contributed by atoms with Gasteiger partial charge in [0.2, 0.25) is 5.43 Å². The first-order valence-electron chi connectivity index (χ1n) is 13.0. The number of carbonyl (C=O) groups excluding carboxylic acids is 1. The van der Waals surface area contributed by atoms with Crippen LogP contribution < -0.4 is 21.4 Å². The Morgan fingerprint density at radius 3 is 2.79 bits per heavy atom. The van der Waals surface area contributed by atoms with Crippen molar-refractivity contribution in [1.29, 1.82) is 0 Å². The number of hydrogen-bond acceptors (Lipinski definition) is 7. The largest absolute Gasteiger partial charge is 0.370 e. The van der Waals surface area contributed by atoms with Gasteiger partial charge in [0, 0.05) is 51.2 Å². The third-order valence-electron chi connectivity index (χ3n) is 7.27. The molecule has 1 aliphatic heterocycles. The predicted octanol–water partition coefficient (Wildman–Crippen LogP) is 2.66. The Hall–Kier alpha value is -4.31. The van der Waals surface area contributed by atoms with Crippen LogP contribution >= 0.6 is 0 Å². The highest BCUT2D eigenvalue weighted by Crippen LogP contribution is 2.26. The summed E-state index contributed by atoms with van der Waals surface area (Å²) in [6.45, 7) is 2.14. The summed E-state index contributed by atoms with van der Waals surface area (Å²) in [6.07, 6.45) is 8.86. The van der Waals surface area contributed by atoms with Gasteiger partial charge in [0.1, 0.15) is 17.0 Å². The third kappa shape index (κ3) is 4.37. The molecule has 10 nitrogen and oxygen atoms in total. The number of para-hydroxylation sites is 2. The van der Waals surface area contributed by atoms with Crippen LogP contribution in [0.25, 0.3) is 27.7 Å². The lowest BCUT2D eigenvalue weighted by Gasteiger charge is -2.13. The van der Waals surface area contributed by atoms with Crippen molar-refractivity contribution >= 4 is 39.4 Å². The Morgan fingerprint density at radius 2 is 2.00 bits per heavy atom. The van der Waals surface area contributed by atoms with Crippen LogP contribution in [-0.2, 0) is 13.5 Å². The maximum atomic E-state index is 13.8. The predicted molar refractivity (Wildman–Crippen MR) is 148 cm³/mol. The molecule has 0 saturated carbocycles. The van der Waals surface area contributed by atoms with Crippen LogP contribution in [0.1, 0.15) is 35.3 Å². The highest BCUT2D eigenvalue weighted by Gasteiger charge is 2.24. The molecule has 1 amide bonds.